The Hall–Kier alpha value is -5.86. The smallest absolute Gasteiger partial charge is 0.136 e. The van der Waals surface area contributed by atoms with Crippen LogP contribution in [0.2, 0.25) is 0 Å². The van der Waals surface area contributed by atoms with Gasteiger partial charge in [-0.1, -0.05) is 103 Å². The van der Waals surface area contributed by atoms with Gasteiger partial charge in [0.1, 0.15) is 22.3 Å². The number of hydrogen-bond acceptors (Lipinski definition) is 2. The van der Waals surface area contributed by atoms with Crippen LogP contribution in [0.5, 0.6) is 0 Å². The van der Waals surface area contributed by atoms with Gasteiger partial charge in [0.05, 0.1) is 0 Å². The quantitative estimate of drug-likeness (QED) is 0.197. The second-order valence-corrected chi connectivity index (χ2v) is 11.7. The molecule has 2 heteroatoms. The Balaban J connectivity index is 1.22. The van der Waals surface area contributed by atoms with E-state index in [1.807, 2.05) is 12.1 Å². The van der Waals surface area contributed by atoms with Gasteiger partial charge in [0.25, 0.3) is 0 Å². The maximum Gasteiger partial charge on any atom is 0.136 e. The van der Waals surface area contributed by atoms with E-state index >= 15 is 0 Å². The number of fused-ring (bicyclic) bond motifs is 9. The van der Waals surface area contributed by atoms with E-state index in [9.17, 15) is 0 Å². The molecule has 2 heterocycles. The lowest BCUT2D eigenvalue weighted by Gasteiger charge is -2.17. The molecule has 44 heavy (non-hydrogen) atoms. The first-order valence-corrected chi connectivity index (χ1v) is 15.0. The molecule has 204 valence electrons. The van der Waals surface area contributed by atoms with Gasteiger partial charge in [-0.2, -0.15) is 0 Å². The van der Waals surface area contributed by atoms with Gasteiger partial charge in [-0.15, -0.1) is 0 Å². The van der Waals surface area contributed by atoms with E-state index in [0.29, 0.717) is 0 Å². The molecule has 0 fully saturated rings. The van der Waals surface area contributed by atoms with Crippen LogP contribution in [-0.2, 0) is 0 Å². The minimum atomic E-state index is 0.884. The molecule has 0 bridgehead atoms. The average molecular weight is 561 g/mol. The van der Waals surface area contributed by atoms with Gasteiger partial charge in [-0.3, -0.25) is 0 Å². The van der Waals surface area contributed by atoms with E-state index in [1.54, 1.807) is 0 Å². The van der Waals surface area contributed by atoms with Crippen LogP contribution in [0.3, 0.4) is 0 Å². The summed E-state index contributed by atoms with van der Waals surface area (Å²) in [6, 6.07) is 52.0. The van der Waals surface area contributed by atoms with Crippen LogP contribution in [0.4, 0.5) is 0 Å². The molecule has 0 radical (unpaired) electrons. The topological polar surface area (TPSA) is 26.3 Å². The zero-order valence-electron chi connectivity index (χ0n) is 23.7. The summed E-state index contributed by atoms with van der Waals surface area (Å²) in [5, 5.41) is 11.8. The number of rotatable bonds is 2. The summed E-state index contributed by atoms with van der Waals surface area (Å²) in [5.41, 5.74) is 8.47. The first-order valence-electron chi connectivity index (χ1n) is 15.0. The second kappa shape index (κ2) is 8.82. The van der Waals surface area contributed by atoms with Crippen molar-refractivity contribution in [3.8, 4) is 22.3 Å². The van der Waals surface area contributed by atoms with Gasteiger partial charge in [-0.25, -0.2) is 0 Å². The third kappa shape index (κ3) is 3.31. The van der Waals surface area contributed by atoms with Crippen LogP contribution in [-0.4, -0.2) is 0 Å². The summed E-state index contributed by atoms with van der Waals surface area (Å²) in [7, 11) is 0. The molecule has 0 aliphatic rings. The molecule has 0 aliphatic carbocycles. The van der Waals surface area contributed by atoms with E-state index in [1.165, 1.54) is 43.6 Å². The highest BCUT2D eigenvalue weighted by molar-refractivity contribution is 6.22. The van der Waals surface area contributed by atoms with Crippen LogP contribution in [0, 0.1) is 0 Å². The summed E-state index contributed by atoms with van der Waals surface area (Å²) < 4.78 is 12.8. The van der Waals surface area contributed by atoms with Crippen molar-refractivity contribution in [1.29, 1.82) is 0 Å². The van der Waals surface area contributed by atoms with Crippen molar-refractivity contribution < 1.29 is 8.83 Å². The highest BCUT2D eigenvalue weighted by Gasteiger charge is 2.18. The molecule has 10 rings (SSSR count). The third-order valence-corrected chi connectivity index (χ3v) is 9.21. The Kier molecular flexibility index (Phi) is 4.75. The van der Waals surface area contributed by atoms with E-state index < -0.39 is 0 Å². The Morgan fingerprint density at radius 3 is 1.36 bits per heavy atom. The molecule has 0 aliphatic heterocycles. The number of furan rings is 2. The SMILES string of the molecule is c1ccc(-c2c3ccccc3c(-c3ccc4c(c3)oc3cc5cc6oc7ccccc7c6cc5cc34)c3ccccc23)cc1. The van der Waals surface area contributed by atoms with Gasteiger partial charge in [0.15, 0.2) is 0 Å². The molecular weight excluding hydrogens is 536 g/mol. The summed E-state index contributed by atoms with van der Waals surface area (Å²) in [6.45, 7) is 0. The Bertz CT molecular complexity index is 2700. The van der Waals surface area contributed by atoms with Crippen LogP contribution >= 0.6 is 0 Å². The minimum absolute atomic E-state index is 0.884. The summed E-state index contributed by atoms with van der Waals surface area (Å²) >= 11 is 0. The second-order valence-electron chi connectivity index (χ2n) is 11.7. The molecule has 0 saturated carbocycles. The fourth-order valence-electron chi connectivity index (χ4n) is 7.25. The van der Waals surface area contributed by atoms with Gasteiger partial charge < -0.3 is 8.83 Å². The molecule has 0 N–H and O–H groups in total. The van der Waals surface area contributed by atoms with Crippen LogP contribution < -0.4 is 0 Å². The molecule has 2 nitrogen and oxygen atoms in total. The number of benzene rings is 8. The zero-order valence-corrected chi connectivity index (χ0v) is 23.7. The molecule has 0 spiro atoms. The highest BCUT2D eigenvalue weighted by Crippen LogP contribution is 2.45. The molecular formula is C42H24O2. The molecule has 0 amide bonds. The monoisotopic (exact) mass is 560 g/mol. The molecule has 0 saturated heterocycles. The fraction of sp³-hybridized carbons (Fsp3) is 0. The number of para-hydroxylation sites is 1. The average Bonchev–Trinajstić information content (AvgIpc) is 3.61. The first kappa shape index (κ1) is 23.7. The maximum atomic E-state index is 6.58. The van der Waals surface area contributed by atoms with Gasteiger partial charge in [0, 0.05) is 21.5 Å². The minimum Gasteiger partial charge on any atom is -0.456 e. The Morgan fingerprint density at radius 1 is 0.273 bits per heavy atom. The van der Waals surface area contributed by atoms with Crippen molar-refractivity contribution in [2.24, 2.45) is 0 Å². The van der Waals surface area contributed by atoms with Crippen LogP contribution in [0.1, 0.15) is 0 Å². The maximum absolute atomic E-state index is 6.58. The van der Waals surface area contributed by atoms with Crippen molar-refractivity contribution >= 4 is 76.2 Å². The van der Waals surface area contributed by atoms with E-state index in [-0.39, 0.29) is 0 Å². The van der Waals surface area contributed by atoms with Crippen molar-refractivity contribution in [2.45, 2.75) is 0 Å². The third-order valence-electron chi connectivity index (χ3n) is 9.21. The summed E-state index contributed by atoms with van der Waals surface area (Å²) in [6.07, 6.45) is 0. The highest BCUT2D eigenvalue weighted by atomic mass is 16.3. The predicted molar refractivity (Wildman–Crippen MR) is 184 cm³/mol. The lowest BCUT2D eigenvalue weighted by atomic mass is 9.86. The molecule has 10 aromatic rings. The Morgan fingerprint density at radius 2 is 0.727 bits per heavy atom. The molecule has 0 atom stereocenters. The van der Waals surface area contributed by atoms with Crippen molar-refractivity contribution in [3.05, 3.63) is 146 Å². The zero-order chi connectivity index (χ0) is 28.8. The van der Waals surface area contributed by atoms with Gasteiger partial charge >= 0.3 is 0 Å². The van der Waals surface area contributed by atoms with Gasteiger partial charge in [-0.05, 0) is 97.0 Å². The molecule has 8 aromatic carbocycles. The van der Waals surface area contributed by atoms with Crippen LogP contribution in [0.25, 0.3) is 98.4 Å². The van der Waals surface area contributed by atoms with Crippen molar-refractivity contribution in [1.82, 2.24) is 0 Å². The van der Waals surface area contributed by atoms with Crippen molar-refractivity contribution in [3.63, 3.8) is 0 Å². The standard InChI is InChI=1S/C42H24O2/c1-2-10-25(11-3-1)41-31-13-4-6-15-33(31)42(34-16-7-5-14-32(34)41)26-18-19-30-36-21-27-20-35-29-12-8-9-17-37(29)43-39(35)23-28(27)24-40(36)44-38(30)22-26/h1-24H. The van der Waals surface area contributed by atoms with E-state index in [4.69, 9.17) is 8.83 Å². The summed E-state index contributed by atoms with van der Waals surface area (Å²) in [4.78, 5) is 0. The van der Waals surface area contributed by atoms with Crippen molar-refractivity contribution in [2.75, 3.05) is 0 Å². The normalized spacial score (nSPS) is 12.1. The van der Waals surface area contributed by atoms with E-state index in [0.717, 1.165) is 54.8 Å². The fourth-order valence-corrected chi connectivity index (χ4v) is 7.25. The number of hydrogen-bond donors (Lipinski definition) is 0. The Labute approximate surface area is 252 Å². The van der Waals surface area contributed by atoms with E-state index in [2.05, 4.69) is 133 Å². The molecule has 0 unspecified atom stereocenters. The lowest BCUT2D eigenvalue weighted by Crippen LogP contribution is -1.90. The molecule has 2 aromatic heterocycles. The lowest BCUT2D eigenvalue weighted by molar-refractivity contribution is 0.668. The van der Waals surface area contributed by atoms with Gasteiger partial charge in [0.2, 0.25) is 0 Å². The van der Waals surface area contributed by atoms with Crippen LogP contribution in [0.15, 0.2) is 154 Å². The predicted octanol–water partition coefficient (Wildman–Crippen LogP) is 12.3. The summed E-state index contributed by atoms with van der Waals surface area (Å²) in [5.74, 6) is 0. The first-order chi connectivity index (χ1) is 21.8. The largest absolute Gasteiger partial charge is 0.456 e.